The summed E-state index contributed by atoms with van der Waals surface area (Å²) in [5.41, 5.74) is 1.46. The van der Waals surface area contributed by atoms with Gasteiger partial charge in [0.2, 0.25) is 0 Å². The first-order valence-electron chi connectivity index (χ1n) is 9.77. The number of anilines is 2. The van der Waals surface area contributed by atoms with Crippen molar-refractivity contribution in [3.8, 4) is 11.8 Å². The summed E-state index contributed by atoms with van der Waals surface area (Å²) in [5.74, 6) is 1.97. The molecule has 2 aromatic heterocycles. The Morgan fingerprint density at radius 1 is 1.30 bits per heavy atom. The number of aromatic nitrogens is 3. The normalized spacial score (nSPS) is 15.9. The van der Waals surface area contributed by atoms with Crippen molar-refractivity contribution < 1.29 is 9.84 Å². The first-order valence-corrected chi connectivity index (χ1v) is 9.77. The maximum absolute atomic E-state index is 10.1. The standard InChI is InChI=1S/C22H24N6O2/c1-13(16-7-5-6-15(9-23)20(16)30-4)25-21-17-8-19(28-11-22(3,29)12-28)24-10-18(17)14(2)26-27-21/h5-8,10,13,29H,11-12H2,1-4H3,(H,25,27)/t13-/m1/s1. The van der Waals surface area contributed by atoms with Crippen LogP contribution < -0.4 is 15.0 Å². The summed E-state index contributed by atoms with van der Waals surface area (Å²) in [5, 5.41) is 33.3. The first-order chi connectivity index (χ1) is 14.3. The van der Waals surface area contributed by atoms with Gasteiger partial charge in [-0.15, -0.1) is 5.10 Å². The monoisotopic (exact) mass is 404 g/mol. The molecule has 2 N–H and O–H groups in total. The Hall–Kier alpha value is -3.44. The van der Waals surface area contributed by atoms with E-state index in [1.807, 2.05) is 43.9 Å². The summed E-state index contributed by atoms with van der Waals surface area (Å²) < 4.78 is 5.49. The molecule has 0 bridgehead atoms. The highest BCUT2D eigenvalue weighted by atomic mass is 16.5. The van der Waals surface area contributed by atoms with E-state index in [-0.39, 0.29) is 6.04 Å². The Bertz CT molecular complexity index is 1150. The SMILES string of the molecule is COc1c(C#N)cccc1[C@@H](C)Nc1nnc(C)c2cnc(N3CC(C)(O)C3)cc12. The number of pyridine rings is 1. The number of nitriles is 1. The fourth-order valence-electron chi connectivity index (χ4n) is 3.87. The van der Waals surface area contributed by atoms with E-state index in [4.69, 9.17) is 4.74 Å². The molecule has 1 fully saturated rings. The second kappa shape index (κ2) is 7.43. The number of ether oxygens (including phenoxy) is 1. The molecule has 1 aliphatic rings. The minimum Gasteiger partial charge on any atom is -0.495 e. The lowest BCUT2D eigenvalue weighted by Crippen LogP contribution is -2.60. The van der Waals surface area contributed by atoms with E-state index in [0.29, 0.717) is 30.2 Å². The zero-order chi connectivity index (χ0) is 21.5. The molecule has 8 nitrogen and oxygen atoms in total. The zero-order valence-electron chi connectivity index (χ0n) is 17.5. The van der Waals surface area contributed by atoms with Crippen LogP contribution in [-0.4, -0.2) is 46.1 Å². The summed E-state index contributed by atoms with van der Waals surface area (Å²) in [4.78, 5) is 6.58. The van der Waals surface area contributed by atoms with Crippen LogP contribution in [0.2, 0.25) is 0 Å². The van der Waals surface area contributed by atoms with Gasteiger partial charge in [-0.1, -0.05) is 12.1 Å². The predicted molar refractivity (Wildman–Crippen MR) is 115 cm³/mol. The number of aliphatic hydroxyl groups is 1. The van der Waals surface area contributed by atoms with Crippen molar-refractivity contribution in [3.05, 3.63) is 47.3 Å². The third kappa shape index (κ3) is 3.48. The lowest BCUT2D eigenvalue weighted by molar-refractivity contribution is 0.0305. The van der Waals surface area contributed by atoms with Crippen LogP contribution in [0.4, 0.5) is 11.6 Å². The lowest BCUT2D eigenvalue weighted by Gasteiger charge is -2.45. The first kappa shape index (κ1) is 19.9. The molecule has 1 saturated heterocycles. The summed E-state index contributed by atoms with van der Waals surface area (Å²) in [6, 6.07) is 9.47. The fraction of sp³-hybridized carbons (Fsp3) is 0.364. The van der Waals surface area contributed by atoms with Gasteiger partial charge in [-0.25, -0.2) is 4.98 Å². The number of fused-ring (bicyclic) bond motifs is 1. The van der Waals surface area contributed by atoms with Crippen molar-refractivity contribution in [2.75, 3.05) is 30.4 Å². The molecule has 154 valence electrons. The number of hydrogen-bond acceptors (Lipinski definition) is 8. The van der Waals surface area contributed by atoms with E-state index in [1.165, 1.54) is 0 Å². The van der Waals surface area contributed by atoms with Crippen LogP contribution in [0.25, 0.3) is 10.8 Å². The van der Waals surface area contributed by atoms with Crippen molar-refractivity contribution in [1.82, 2.24) is 15.2 Å². The van der Waals surface area contributed by atoms with Gasteiger partial charge in [-0.2, -0.15) is 10.4 Å². The van der Waals surface area contributed by atoms with Gasteiger partial charge >= 0.3 is 0 Å². The summed E-state index contributed by atoms with van der Waals surface area (Å²) in [6.45, 7) is 6.79. The van der Waals surface area contributed by atoms with Crippen LogP contribution in [0, 0.1) is 18.3 Å². The van der Waals surface area contributed by atoms with Gasteiger partial charge < -0.3 is 20.1 Å². The number of methoxy groups -OCH3 is 1. The second-order valence-electron chi connectivity index (χ2n) is 7.98. The molecule has 0 aliphatic carbocycles. The minimum atomic E-state index is -0.680. The molecule has 1 aliphatic heterocycles. The van der Waals surface area contributed by atoms with E-state index in [1.54, 1.807) is 19.4 Å². The molecule has 0 radical (unpaired) electrons. The predicted octanol–water partition coefficient (Wildman–Crippen LogP) is 2.96. The molecule has 0 saturated carbocycles. The fourth-order valence-corrected chi connectivity index (χ4v) is 3.87. The number of benzene rings is 1. The van der Waals surface area contributed by atoms with E-state index < -0.39 is 5.60 Å². The zero-order valence-corrected chi connectivity index (χ0v) is 17.5. The van der Waals surface area contributed by atoms with Crippen molar-refractivity contribution >= 4 is 22.4 Å². The largest absolute Gasteiger partial charge is 0.495 e. The average Bonchev–Trinajstić information content (AvgIpc) is 2.72. The number of hydrogen-bond donors (Lipinski definition) is 2. The van der Waals surface area contributed by atoms with Gasteiger partial charge in [0.25, 0.3) is 0 Å². The van der Waals surface area contributed by atoms with Crippen LogP contribution in [0.15, 0.2) is 30.5 Å². The summed E-state index contributed by atoms with van der Waals surface area (Å²) >= 11 is 0. The van der Waals surface area contributed by atoms with Crippen molar-refractivity contribution in [1.29, 1.82) is 5.26 Å². The Balaban J connectivity index is 1.71. The smallest absolute Gasteiger partial charge is 0.157 e. The number of rotatable bonds is 5. The Morgan fingerprint density at radius 3 is 2.73 bits per heavy atom. The van der Waals surface area contributed by atoms with Crippen molar-refractivity contribution in [2.24, 2.45) is 0 Å². The van der Waals surface area contributed by atoms with Crippen LogP contribution in [0.1, 0.15) is 36.7 Å². The van der Waals surface area contributed by atoms with Gasteiger partial charge in [0, 0.05) is 35.6 Å². The Kier molecular flexibility index (Phi) is 4.92. The summed E-state index contributed by atoms with van der Waals surface area (Å²) in [6.07, 6.45) is 1.80. The molecule has 1 atom stereocenters. The molecular weight excluding hydrogens is 380 g/mol. The lowest BCUT2D eigenvalue weighted by atomic mass is 9.97. The number of β-amino-alcohol motifs (C(OH)–C–C–N with tert-alkyl or cyclic N) is 1. The third-order valence-corrected chi connectivity index (χ3v) is 5.41. The molecular formula is C22H24N6O2. The molecule has 8 heteroatoms. The highest BCUT2D eigenvalue weighted by Crippen LogP contribution is 2.34. The van der Waals surface area contributed by atoms with Gasteiger partial charge in [0.1, 0.15) is 17.6 Å². The van der Waals surface area contributed by atoms with E-state index in [0.717, 1.165) is 27.8 Å². The molecule has 0 unspecified atom stereocenters. The van der Waals surface area contributed by atoms with Gasteiger partial charge in [-0.05, 0) is 32.9 Å². The van der Waals surface area contributed by atoms with E-state index in [2.05, 4.69) is 26.6 Å². The quantitative estimate of drug-likeness (QED) is 0.668. The number of aryl methyl sites for hydroxylation is 1. The topological polar surface area (TPSA) is 107 Å². The molecule has 1 aromatic carbocycles. The maximum Gasteiger partial charge on any atom is 0.157 e. The van der Waals surface area contributed by atoms with Crippen LogP contribution in [0.3, 0.4) is 0 Å². The number of nitrogens with zero attached hydrogens (tertiary/aromatic N) is 5. The molecule has 4 rings (SSSR count). The van der Waals surface area contributed by atoms with Crippen molar-refractivity contribution in [3.63, 3.8) is 0 Å². The van der Waals surface area contributed by atoms with Crippen LogP contribution >= 0.6 is 0 Å². The molecule has 30 heavy (non-hydrogen) atoms. The van der Waals surface area contributed by atoms with Crippen molar-refractivity contribution in [2.45, 2.75) is 32.4 Å². The number of nitrogens with one attached hydrogen (secondary N) is 1. The van der Waals surface area contributed by atoms with Crippen LogP contribution in [0.5, 0.6) is 5.75 Å². The highest BCUT2D eigenvalue weighted by Gasteiger charge is 2.37. The number of para-hydroxylation sites is 1. The molecule has 3 heterocycles. The molecule has 0 amide bonds. The molecule has 3 aromatic rings. The Morgan fingerprint density at radius 2 is 2.07 bits per heavy atom. The van der Waals surface area contributed by atoms with Crippen LogP contribution in [-0.2, 0) is 0 Å². The van der Waals surface area contributed by atoms with Gasteiger partial charge in [0.05, 0.1) is 30.0 Å². The van der Waals surface area contributed by atoms with Gasteiger partial charge in [0.15, 0.2) is 5.82 Å². The Labute approximate surface area is 175 Å². The van der Waals surface area contributed by atoms with Gasteiger partial charge in [-0.3, -0.25) is 0 Å². The second-order valence-corrected chi connectivity index (χ2v) is 7.98. The highest BCUT2D eigenvalue weighted by molar-refractivity contribution is 5.94. The third-order valence-electron chi connectivity index (χ3n) is 5.41. The summed E-state index contributed by atoms with van der Waals surface area (Å²) in [7, 11) is 1.56. The van der Waals surface area contributed by atoms with E-state index >= 15 is 0 Å². The van der Waals surface area contributed by atoms with E-state index in [9.17, 15) is 10.4 Å². The molecule has 0 spiro atoms. The minimum absolute atomic E-state index is 0.171. The average molecular weight is 404 g/mol. The maximum atomic E-state index is 10.1.